The van der Waals surface area contributed by atoms with Crippen molar-refractivity contribution in [2.75, 3.05) is 13.1 Å². The number of allylic oxidation sites excluding steroid dienone is 1. The van der Waals surface area contributed by atoms with Gasteiger partial charge in [0.05, 0.1) is 13.1 Å². The third-order valence-corrected chi connectivity index (χ3v) is 1.42. The van der Waals surface area contributed by atoms with Gasteiger partial charge in [-0.3, -0.25) is 0 Å². The van der Waals surface area contributed by atoms with Crippen LogP contribution in [-0.2, 0) is 0 Å². The van der Waals surface area contributed by atoms with Crippen LogP contribution in [0.4, 0.5) is 0 Å². The maximum absolute atomic E-state index is 5.58. The Hall–Kier alpha value is -0.235. The number of hydrogen-bond acceptors (Lipinski definition) is 0. The third kappa shape index (κ3) is 1.70. The zero-order valence-corrected chi connectivity index (χ0v) is 5.06. The quantitative estimate of drug-likeness (QED) is 0.399. The summed E-state index contributed by atoms with van der Waals surface area (Å²) in [7, 11) is 5.58. The summed E-state index contributed by atoms with van der Waals surface area (Å²) in [6, 6.07) is 0. The Kier molecular flexibility index (Phi) is 2.16. The van der Waals surface area contributed by atoms with Gasteiger partial charge < -0.3 is 5.32 Å². The second kappa shape index (κ2) is 2.93. The lowest BCUT2D eigenvalue weighted by molar-refractivity contribution is -0.645. The van der Waals surface area contributed by atoms with Crippen LogP contribution in [0.25, 0.3) is 0 Å². The Morgan fingerprint density at radius 2 is 2.50 bits per heavy atom. The molecule has 8 heavy (non-hydrogen) atoms. The number of hydrogen-bond donors (Lipinski definition) is 1. The third-order valence-electron chi connectivity index (χ3n) is 1.42. The molecule has 2 heteroatoms. The van der Waals surface area contributed by atoms with Crippen molar-refractivity contribution in [2.24, 2.45) is 0 Å². The van der Waals surface area contributed by atoms with Crippen LogP contribution >= 0.6 is 0 Å². The Bertz CT molecular complexity index is 98.7. The molecule has 0 saturated heterocycles. The maximum Gasteiger partial charge on any atom is 0.107 e. The largest absolute Gasteiger partial charge is 0.343 e. The summed E-state index contributed by atoms with van der Waals surface area (Å²) in [4.78, 5) is 0. The highest BCUT2D eigenvalue weighted by Crippen LogP contribution is 1.98. The summed E-state index contributed by atoms with van der Waals surface area (Å²) in [5.74, 6) is 0. The Labute approximate surface area is 51.6 Å². The van der Waals surface area contributed by atoms with Gasteiger partial charge in [0.25, 0.3) is 0 Å². The fourth-order valence-corrected chi connectivity index (χ4v) is 0.905. The summed E-state index contributed by atoms with van der Waals surface area (Å²) in [6.07, 6.45) is 4.44. The average Bonchev–Trinajstić information content (AvgIpc) is 1.94. The van der Waals surface area contributed by atoms with Gasteiger partial charge in [-0.25, -0.2) is 0 Å². The number of nitrogens with two attached hydrogens (primary N) is 1. The summed E-state index contributed by atoms with van der Waals surface area (Å²) >= 11 is 0. The molecule has 2 radical (unpaired) electrons. The molecule has 42 valence electrons. The van der Waals surface area contributed by atoms with Crippen molar-refractivity contribution in [3.8, 4) is 0 Å². The molecule has 0 saturated carbocycles. The standard InChI is InChI=1S/C6H10BN/c7-6-2-1-4-8-5-3-6/h3,8H,1-2,4-5H2/p+1. The van der Waals surface area contributed by atoms with Crippen molar-refractivity contribution >= 4 is 7.85 Å². The second-order valence-electron chi connectivity index (χ2n) is 2.20. The second-order valence-corrected chi connectivity index (χ2v) is 2.20. The van der Waals surface area contributed by atoms with E-state index in [2.05, 4.69) is 11.4 Å². The Balaban J connectivity index is 2.36. The molecule has 1 aliphatic rings. The molecule has 1 aliphatic heterocycles. The van der Waals surface area contributed by atoms with Gasteiger partial charge in [0.15, 0.2) is 0 Å². The number of quaternary nitrogens is 1. The fourth-order valence-electron chi connectivity index (χ4n) is 0.905. The maximum atomic E-state index is 5.58. The van der Waals surface area contributed by atoms with E-state index in [1.54, 1.807) is 0 Å². The Morgan fingerprint density at radius 3 is 3.38 bits per heavy atom. The van der Waals surface area contributed by atoms with Crippen LogP contribution in [0.1, 0.15) is 12.8 Å². The van der Waals surface area contributed by atoms with E-state index in [9.17, 15) is 0 Å². The van der Waals surface area contributed by atoms with Crippen molar-refractivity contribution in [3.05, 3.63) is 11.5 Å². The normalized spacial score (nSPS) is 21.8. The minimum Gasteiger partial charge on any atom is -0.343 e. The van der Waals surface area contributed by atoms with Crippen LogP contribution in [0.2, 0.25) is 0 Å². The molecule has 0 fully saturated rings. The molecule has 1 nitrogen and oxygen atoms in total. The first-order valence-corrected chi connectivity index (χ1v) is 3.16. The molecule has 1 rings (SSSR count). The van der Waals surface area contributed by atoms with E-state index in [-0.39, 0.29) is 0 Å². The minimum absolute atomic E-state index is 1.07. The van der Waals surface area contributed by atoms with Crippen LogP contribution < -0.4 is 5.32 Å². The van der Waals surface area contributed by atoms with E-state index in [1.165, 1.54) is 13.0 Å². The predicted octanol–water partition coefficient (Wildman–Crippen LogP) is -0.604. The summed E-state index contributed by atoms with van der Waals surface area (Å²) in [5.41, 5.74) is 1.07. The minimum atomic E-state index is 1.07. The lowest BCUT2D eigenvalue weighted by Gasteiger charge is -1.90. The van der Waals surface area contributed by atoms with Gasteiger partial charge in [-0.05, 0) is 18.9 Å². The molecule has 1 heterocycles. The van der Waals surface area contributed by atoms with Crippen molar-refractivity contribution < 1.29 is 5.32 Å². The highest BCUT2D eigenvalue weighted by atomic mass is 14.8. The molecule has 0 bridgehead atoms. The van der Waals surface area contributed by atoms with Crippen LogP contribution in [-0.4, -0.2) is 20.9 Å². The molecule has 0 unspecified atom stereocenters. The molecule has 0 spiro atoms. The first kappa shape index (κ1) is 5.89. The van der Waals surface area contributed by atoms with Crippen molar-refractivity contribution in [2.45, 2.75) is 12.8 Å². The molecule has 0 aromatic heterocycles. The van der Waals surface area contributed by atoms with Gasteiger partial charge in [-0.1, -0.05) is 0 Å². The highest BCUT2D eigenvalue weighted by Gasteiger charge is 1.96. The van der Waals surface area contributed by atoms with Gasteiger partial charge in [0.2, 0.25) is 0 Å². The fraction of sp³-hybridized carbons (Fsp3) is 0.667. The van der Waals surface area contributed by atoms with Crippen LogP contribution in [0.3, 0.4) is 0 Å². The highest BCUT2D eigenvalue weighted by molar-refractivity contribution is 6.21. The smallest absolute Gasteiger partial charge is 0.107 e. The monoisotopic (exact) mass is 108 g/mol. The zero-order chi connectivity index (χ0) is 5.82. The lowest BCUT2D eigenvalue weighted by atomic mass is 9.91. The first-order valence-electron chi connectivity index (χ1n) is 3.16. The van der Waals surface area contributed by atoms with E-state index in [1.807, 2.05) is 0 Å². The first-order chi connectivity index (χ1) is 3.89. The van der Waals surface area contributed by atoms with E-state index in [0.717, 1.165) is 18.4 Å². The molecule has 0 amide bonds. The van der Waals surface area contributed by atoms with E-state index < -0.39 is 0 Å². The van der Waals surface area contributed by atoms with Crippen LogP contribution in [0, 0.1) is 0 Å². The summed E-state index contributed by atoms with van der Waals surface area (Å²) in [5, 5.41) is 2.28. The predicted molar refractivity (Wildman–Crippen MR) is 34.7 cm³/mol. The molecule has 2 N–H and O–H groups in total. The molecular weight excluding hydrogens is 96.9 g/mol. The molecule has 0 atom stereocenters. The summed E-state index contributed by atoms with van der Waals surface area (Å²) in [6.45, 7) is 2.31. The van der Waals surface area contributed by atoms with E-state index >= 15 is 0 Å². The van der Waals surface area contributed by atoms with Crippen LogP contribution in [0.5, 0.6) is 0 Å². The summed E-state index contributed by atoms with van der Waals surface area (Å²) < 4.78 is 0. The van der Waals surface area contributed by atoms with Gasteiger partial charge in [-0.15, -0.1) is 5.47 Å². The van der Waals surface area contributed by atoms with Gasteiger partial charge in [0.1, 0.15) is 7.85 Å². The van der Waals surface area contributed by atoms with Crippen molar-refractivity contribution in [1.82, 2.24) is 0 Å². The molecule has 0 aromatic carbocycles. The lowest BCUT2D eigenvalue weighted by Crippen LogP contribution is -2.83. The molecule has 0 aliphatic carbocycles. The van der Waals surface area contributed by atoms with Gasteiger partial charge >= 0.3 is 0 Å². The average molecular weight is 108 g/mol. The van der Waals surface area contributed by atoms with Crippen LogP contribution in [0.15, 0.2) is 11.5 Å². The zero-order valence-electron chi connectivity index (χ0n) is 5.06. The Morgan fingerprint density at radius 1 is 1.62 bits per heavy atom. The van der Waals surface area contributed by atoms with Gasteiger partial charge in [0, 0.05) is 0 Å². The van der Waals surface area contributed by atoms with E-state index in [0.29, 0.717) is 0 Å². The molecule has 0 aromatic rings. The van der Waals surface area contributed by atoms with Crippen molar-refractivity contribution in [1.29, 1.82) is 0 Å². The van der Waals surface area contributed by atoms with E-state index in [4.69, 9.17) is 7.85 Å². The number of rotatable bonds is 0. The van der Waals surface area contributed by atoms with Gasteiger partial charge in [-0.2, -0.15) is 0 Å². The van der Waals surface area contributed by atoms with Crippen molar-refractivity contribution in [3.63, 3.8) is 0 Å². The molecular formula is C6H11BN+. The topological polar surface area (TPSA) is 16.6 Å². The SMILES string of the molecule is [B]C1=CC[NH2+]CCC1.